The summed E-state index contributed by atoms with van der Waals surface area (Å²) in [7, 11) is 2.93. The summed E-state index contributed by atoms with van der Waals surface area (Å²) in [5.41, 5.74) is -0.273. The molecule has 6 nitrogen and oxygen atoms in total. The van der Waals surface area contributed by atoms with Crippen molar-refractivity contribution in [1.29, 1.82) is 0 Å². The van der Waals surface area contributed by atoms with Gasteiger partial charge in [0.25, 0.3) is 0 Å². The van der Waals surface area contributed by atoms with Crippen molar-refractivity contribution in [3.63, 3.8) is 0 Å². The lowest BCUT2D eigenvalue weighted by atomic mass is 9.84. The minimum Gasteiger partial charge on any atom is -0.468 e. The summed E-state index contributed by atoms with van der Waals surface area (Å²) < 4.78 is 9.72. The molecule has 1 aromatic heterocycles. The third-order valence-corrected chi connectivity index (χ3v) is 3.17. The molecule has 0 aromatic carbocycles. The molecule has 1 aliphatic heterocycles. The van der Waals surface area contributed by atoms with Gasteiger partial charge in [-0.2, -0.15) is 0 Å². The van der Waals surface area contributed by atoms with Crippen LogP contribution in [0.3, 0.4) is 0 Å². The lowest BCUT2D eigenvalue weighted by Crippen LogP contribution is -2.59. The molecule has 0 bridgehead atoms. The first-order chi connectivity index (χ1) is 9.10. The molecule has 0 spiro atoms. The maximum atomic E-state index is 12.4. The van der Waals surface area contributed by atoms with Crippen LogP contribution in [0.2, 0.25) is 0 Å². The van der Waals surface area contributed by atoms with Crippen molar-refractivity contribution >= 4 is 11.9 Å². The van der Waals surface area contributed by atoms with Crippen molar-refractivity contribution in [1.82, 2.24) is 9.88 Å². The van der Waals surface area contributed by atoms with Gasteiger partial charge in [-0.1, -0.05) is 6.07 Å². The lowest BCUT2D eigenvalue weighted by molar-refractivity contribution is -0.193. The number of hydrogen-bond acceptors (Lipinski definition) is 5. The Morgan fingerprint density at radius 1 is 1.53 bits per heavy atom. The monoisotopic (exact) mass is 264 g/mol. The lowest BCUT2D eigenvalue weighted by Gasteiger charge is -2.39. The second-order valence-electron chi connectivity index (χ2n) is 4.59. The predicted octanol–water partition coefficient (Wildman–Crippen LogP) is 0.230. The average Bonchev–Trinajstić information content (AvgIpc) is 2.38. The van der Waals surface area contributed by atoms with Crippen molar-refractivity contribution < 1.29 is 19.1 Å². The summed E-state index contributed by atoms with van der Waals surface area (Å²) in [6.45, 7) is 0.553. The number of esters is 1. The van der Waals surface area contributed by atoms with Gasteiger partial charge in [-0.15, -0.1) is 0 Å². The summed E-state index contributed by atoms with van der Waals surface area (Å²) in [4.78, 5) is 29.6. The van der Waals surface area contributed by atoms with E-state index in [0.29, 0.717) is 6.54 Å². The summed E-state index contributed by atoms with van der Waals surface area (Å²) in [6, 6.07) is 3.68. The van der Waals surface area contributed by atoms with Crippen LogP contribution in [0.25, 0.3) is 0 Å². The van der Waals surface area contributed by atoms with Crippen LogP contribution >= 0.6 is 0 Å². The fraction of sp³-hybridized carbons (Fsp3) is 0.462. The Kier molecular flexibility index (Phi) is 3.80. The van der Waals surface area contributed by atoms with Gasteiger partial charge in [0, 0.05) is 26.0 Å². The SMILES string of the molecule is COC(=O)C1(C(=O)N(C)Cc2cccnc2)COC1. The molecule has 1 fully saturated rings. The molecule has 102 valence electrons. The number of aromatic nitrogens is 1. The minimum atomic E-state index is -1.17. The van der Waals surface area contributed by atoms with E-state index in [1.54, 1.807) is 25.5 Å². The minimum absolute atomic E-state index is 0.0793. The first-order valence-electron chi connectivity index (χ1n) is 5.91. The Hall–Kier alpha value is -1.95. The fourth-order valence-electron chi connectivity index (χ4n) is 2.03. The van der Waals surface area contributed by atoms with Crippen LogP contribution in [0.15, 0.2) is 24.5 Å². The standard InChI is InChI=1S/C13H16N2O4/c1-15(7-10-4-3-5-14-6-10)11(16)13(8-19-9-13)12(17)18-2/h3-6H,7-9H2,1-2H3. The van der Waals surface area contributed by atoms with E-state index in [4.69, 9.17) is 9.47 Å². The molecule has 0 N–H and O–H groups in total. The molecule has 0 saturated carbocycles. The Labute approximate surface area is 111 Å². The van der Waals surface area contributed by atoms with Gasteiger partial charge >= 0.3 is 5.97 Å². The van der Waals surface area contributed by atoms with Crippen LogP contribution in [-0.4, -0.2) is 49.1 Å². The molecule has 1 saturated heterocycles. The maximum Gasteiger partial charge on any atom is 0.326 e. The zero-order valence-electron chi connectivity index (χ0n) is 11.0. The number of ether oxygens (including phenoxy) is 2. The molecule has 6 heteroatoms. The van der Waals surface area contributed by atoms with Crippen molar-refractivity contribution in [2.45, 2.75) is 6.54 Å². The average molecular weight is 264 g/mol. The van der Waals surface area contributed by atoms with E-state index in [-0.39, 0.29) is 19.1 Å². The Morgan fingerprint density at radius 3 is 2.74 bits per heavy atom. The van der Waals surface area contributed by atoms with E-state index in [9.17, 15) is 9.59 Å². The highest BCUT2D eigenvalue weighted by Gasteiger charge is 2.55. The summed E-state index contributed by atoms with van der Waals surface area (Å²) in [6.07, 6.45) is 3.35. The number of pyridine rings is 1. The topological polar surface area (TPSA) is 68.7 Å². The van der Waals surface area contributed by atoms with Crippen LogP contribution in [-0.2, 0) is 25.6 Å². The molecular weight excluding hydrogens is 248 g/mol. The van der Waals surface area contributed by atoms with Crippen LogP contribution in [0.5, 0.6) is 0 Å². The molecule has 2 heterocycles. The van der Waals surface area contributed by atoms with E-state index in [0.717, 1.165) is 5.56 Å². The summed E-state index contributed by atoms with van der Waals surface area (Å²) in [5, 5.41) is 0. The molecule has 1 amide bonds. The van der Waals surface area contributed by atoms with Gasteiger partial charge in [-0.25, -0.2) is 0 Å². The van der Waals surface area contributed by atoms with Crippen LogP contribution in [0.4, 0.5) is 0 Å². The first-order valence-corrected chi connectivity index (χ1v) is 5.91. The van der Waals surface area contributed by atoms with Crippen molar-refractivity contribution in [2.75, 3.05) is 27.4 Å². The van der Waals surface area contributed by atoms with Crippen molar-refractivity contribution in [3.05, 3.63) is 30.1 Å². The van der Waals surface area contributed by atoms with Crippen LogP contribution < -0.4 is 0 Å². The van der Waals surface area contributed by atoms with E-state index >= 15 is 0 Å². The van der Waals surface area contributed by atoms with E-state index < -0.39 is 11.4 Å². The molecular formula is C13H16N2O4. The van der Waals surface area contributed by atoms with Gasteiger partial charge in [0.15, 0.2) is 5.41 Å². The van der Waals surface area contributed by atoms with Crippen molar-refractivity contribution in [3.8, 4) is 0 Å². The Morgan fingerprint density at radius 2 is 2.26 bits per heavy atom. The van der Waals surface area contributed by atoms with Crippen LogP contribution in [0, 0.1) is 5.41 Å². The smallest absolute Gasteiger partial charge is 0.326 e. The zero-order valence-corrected chi connectivity index (χ0v) is 11.0. The summed E-state index contributed by atoms with van der Waals surface area (Å²) >= 11 is 0. The van der Waals surface area contributed by atoms with E-state index in [2.05, 4.69) is 4.98 Å². The predicted molar refractivity (Wildman–Crippen MR) is 66.0 cm³/mol. The molecule has 1 aliphatic rings. The molecule has 1 aromatic rings. The Balaban J connectivity index is 2.08. The number of hydrogen-bond donors (Lipinski definition) is 0. The number of amides is 1. The number of carbonyl (C=O) groups excluding carboxylic acids is 2. The van der Waals surface area contributed by atoms with Gasteiger partial charge in [0.2, 0.25) is 5.91 Å². The van der Waals surface area contributed by atoms with Crippen molar-refractivity contribution in [2.24, 2.45) is 5.41 Å². The van der Waals surface area contributed by atoms with Gasteiger partial charge in [-0.3, -0.25) is 14.6 Å². The summed E-state index contributed by atoms with van der Waals surface area (Å²) in [5.74, 6) is -0.823. The van der Waals surface area contributed by atoms with Gasteiger partial charge in [-0.05, 0) is 11.6 Å². The number of carbonyl (C=O) groups is 2. The highest BCUT2D eigenvalue weighted by atomic mass is 16.5. The van der Waals surface area contributed by atoms with Gasteiger partial charge in [0.05, 0.1) is 20.3 Å². The first kappa shape index (κ1) is 13.5. The molecule has 0 unspecified atom stereocenters. The second kappa shape index (κ2) is 5.36. The molecule has 0 radical (unpaired) electrons. The highest BCUT2D eigenvalue weighted by molar-refractivity contribution is 6.03. The molecule has 0 aliphatic carbocycles. The fourth-order valence-corrected chi connectivity index (χ4v) is 2.03. The Bertz CT molecular complexity index is 471. The second-order valence-corrected chi connectivity index (χ2v) is 4.59. The number of rotatable bonds is 4. The number of nitrogens with zero attached hydrogens (tertiary/aromatic N) is 2. The van der Waals surface area contributed by atoms with E-state index in [1.165, 1.54) is 12.0 Å². The third kappa shape index (κ3) is 2.44. The normalized spacial score (nSPS) is 16.3. The highest BCUT2D eigenvalue weighted by Crippen LogP contribution is 2.31. The van der Waals surface area contributed by atoms with Gasteiger partial charge < -0.3 is 14.4 Å². The molecule has 19 heavy (non-hydrogen) atoms. The van der Waals surface area contributed by atoms with Crippen LogP contribution in [0.1, 0.15) is 5.56 Å². The van der Waals surface area contributed by atoms with Gasteiger partial charge in [0.1, 0.15) is 0 Å². The largest absolute Gasteiger partial charge is 0.468 e. The number of methoxy groups -OCH3 is 1. The quantitative estimate of drug-likeness (QED) is 0.575. The third-order valence-electron chi connectivity index (χ3n) is 3.17. The molecule has 0 atom stereocenters. The zero-order chi connectivity index (χ0) is 13.9. The maximum absolute atomic E-state index is 12.4. The van der Waals surface area contributed by atoms with E-state index in [1.807, 2.05) is 6.07 Å². The molecule has 2 rings (SSSR count).